The Morgan fingerprint density at radius 1 is 1.42 bits per heavy atom. The lowest BCUT2D eigenvalue weighted by molar-refractivity contribution is -0.384. The van der Waals surface area contributed by atoms with Crippen molar-refractivity contribution in [2.24, 2.45) is 0 Å². The van der Waals surface area contributed by atoms with E-state index in [1.807, 2.05) is 0 Å². The summed E-state index contributed by atoms with van der Waals surface area (Å²) in [6, 6.07) is 5.51. The number of nitro groups is 1. The van der Waals surface area contributed by atoms with E-state index in [1.165, 1.54) is 19.2 Å². The highest BCUT2D eigenvalue weighted by Gasteiger charge is 2.31. The van der Waals surface area contributed by atoms with Crippen molar-refractivity contribution in [3.63, 3.8) is 0 Å². The van der Waals surface area contributed by atoms with Crippen LogP contribution in [0.25, 0.3) is 0 Å². The Bertz CT molecular complexity index is 474. The van der Waals surface area contributed by atoms with Gasteiger partial charge in [-0.25, -0.2) is 0 Å². The van der Waals surface area contributed by atoms with Crippen LogP contribution in [0.4, 0.5) is 5.69 Å². The van der Waals surface area contributed by atoms with Gasteiger partial charge >= 0.3 is 5.97 Å². The summed E-state index contributed by atoms with van der Waals surface area (Å²) < 4.78 is 10.3. The van der Waals surface area contributed by atoms with Crippen LogP contribution < -0.4 is 10.1 Å². The summed E-state index contributed by atoms with van der Waals surface area (Å²) in [7, 11) is 1.34. The molecule has 2 atom stereocenters. The molecule has 0 aromatic heterocycles. The van der Waals surface area contributed by atoms with Crippen LogP contribution in [0.3, 0.4) is 0 Å². The Morgan fingerprint density at radius 2 is 2.11 bits per heavy atom. The number of nitro benzene ring substituents is 1. The van der Waals surface area contributed by atoms with Gasteiger partial charge in [-0.3, -0.25) is 14.9 Å². The second-order valence-electron chi connectivity index (χ2n) is 4.21. The number of nitrogens with one attached hydrogen (secondary N) is 1. The number of nitrogens with zero attached hydrogens (tertiary/aromatic N) is 1. The van der Waals surface area contributed by atoms with Gasteiger partial charge in [-0.1, -0.05) is 0 Å². The summed E-state index contributed by atoms with van der Waals surface area (Å²) in [6.45, 7) is 0.538. The molecule has 0 aliphatic carbocycles. The largest absolute Gasteiger partial charge is 0.489 e. The van der Waals surface area contributed by atoms with Crippen molar-refractivity contribution in [2.75, 3.05) is 13.7 Å². The number of methoxy groups -OCH3 is 1. The van der Waals surface area contributed by atoms with Crippen LogP contribution in [0.15, 0.2) is 24.3 Å². The first-order valence-corrected chi connectivity index (χ1v) is 5.82. The number of ether oxygens (including phenoxy) is 2. The van der Waals surface area contributed by atoms with Gasteiger partial charge in [0, 0.05) is 25.1 Å². The summed E-state index contributed by atoms with van der Waals surface area (Å²) in [5, 5.41) is 13.5. The van der Waals surface area contributed by atoms with E-state index in [0.717, 1.165) is 0 Å². The SMILES string of the molecule is COC(=O)[C@H]1C[C@@H](Oc2ccc([N+](=O)[O-])cc2)CN1. The Labute approximate surface area is 109 Å². The van der Waals surface area contributed by atoms with E-state index < -0.39 is 4.92 Å². The third-order valence-electron chi connectivity index (χ3n) is 2.93. The zero-order valence-electron chi connectivity index (χ0n) is 10.4. The van der Waals surface area contributed by atoms with Gasteiger partial charge in [0.15, 0.2) is 0 Å². The molecule has 1 aromatic rings. The van der Waals surface area contributed by atoms with Crippen LogP contribution in [0.1, 0.15) is 6.42 Å². The Kier molecular flexibility index (Phi) is 3.96. The predicted octanol–water partition coefficient (Wildman–Crippen LogP) is 0.877. The summed E-state index contributed by atoms with van der Waals surface area (Å²) in [4.78, 5) is 21.4. The van der Waals surface area contributed by atoms with E-state index in [1.54, 1.807) is 12.1 Å². The maximum atomic E-state index is 11.3. The molecule has 1 saturated heterocycles. The zero-order valence-corrected chi connectivity index (χ0v) is 10.4. The highest BCUT2D eigenvalue weighted by atomic mass is 16.6. The quantitative estimate of drug-likeness (QED) is 0.494. The lowest BCUT2D eigenvalue weighted by atomic mass is 10.2. The van der Waals surface area contributed by atoms with Crippen LogP contribution >= 0.6 is 0 Å². The minimum Gasteiger partial charge on any atom is -0.489 e. The molecule has 1 fully saturated rings. The van der Waals surface area contributed by atoms with Gasteiger partial charge in [0.25, 0.3) is 5.69 Å². The van der Waals surface area contributed by atoms with Gasteiger partial charge in [0.1, 0.15) is 17.9 Å². The molecule has 0 amide bonds. The lowest BCUT2D eigenvalue weighted by Crippen LogP contribution is -2.31. The molecule has 1 aliphatic heterocycles. The van der Waals surface area contributed by atoms with Crippen molar-refractivity contribution in [1.29, 1.82) is 0 Å². The topological polar surface area (TPSA) is 90.7 Å². The normalized spacial score (nSPS) is 21.9. The third kappa shape index (κ3) is 3.19. The molecule has 7 heteroatoms. The molecule has 1 aromatic carbocycles. The van der Waals surface area contributed by atoms with Crippen molar-refractivity contribution in [3.8, 4) is 5.75 Å². The van der Waals surface area contributed by atoms with E-state index in [9.17, 15) is 14.9 Å². The number of non-ortho nitro benzene ring substituents is 1. The number of rotatable bonds is 4. The van der Waals surface area contributed by atoms with Crippen molar-refractivity contribution in [2.45, 2.75) is 18.6 Å². The number of esters is 1. The third-order valence-corrected chi connectivity index (χ3v) is 2.93. The van der Waals surface area contributed by atoms with Gasteiger partial charge in [-0.15, -0.1) is 0 Å². The zero-order chi connectivity index (χ0) is 13.8. The lowest BCUT2D eigenvalue weighted by Gasteiger charge is -2.12. The van der Waals surface area contributed by atoms with E-state index >= 15 is 0 Å². The second kappa shape index (κ2) is 5.66. The summed E-state index contributed by atoms with van der Waals surface area (Å²) in [5.41, 5.74) is 0.0179. The van der Waals surface area contributed by atoms with Crippen molar-refractivity contribution < 1.29 is 19.2 Å². The molecular formula is C12H14N2O5. The molecule has 7 nitrogen and oxygen atoms in total. The Balaban J connectivity index is 1.92. The first kappa shape index (κ1) is 13.3. The number of carbonyl (C=O) groups is 1. The molecule has 1 heterocycles. The summed E-state index contributed by atoms with van der Waals surface area (Å²) in [5.74, 6) is 0.234. The van der Waals surface area contributed by atoms with Crippen LogP contribution in [-0.2, 0) is 9.53 Å². The smallest absolute Gasteiger partial charge is 0.323 e. The minimum atomic E-state index is -0.464. The monoisotopic (exact) mass is 266 g/mol. The van der Waals surface area contributed by atoms with E-state index in [-0.39, 0.29) is 23.8 Å². The fourth-order valence-corrected chi connectivity index (χ4v) is 1.95. The summed E-state index contributed by atoms with van der Waals surface area (Å²) in [6.07, 6.45) is 0.370. The maximum absolute atomic E-state index is 11.3. The average Bonchev–Trinajstić information content (AvgIpc) is 2.87. The predicted molar refractivity (Wildman–Crippen MR) is 65.9 cm³/mol. The van der Waals surface area contributed by atoms with E-state index in [2.05, 4.69) is 10.1 Å². The van der Waals surface area contributed by atoms with Crippen LogP contribution in [0.2, 0.25) is 0 Å². The molecule has 19 heavy (non-hydrogen) atoms. The van der Waals surface area contributed by atoms with Gasteiger partial charge in [-0.2, -0.15) is 0 Å². The Morgan fingerprint density at radius 3 is 2.68 bits per heavy atom. The molecule has 0 radical (unpaired) electrons. The standard InChI is InChI=1S/C12H14N2O5/c1-18-12(15)11-6-10(7-13-11)19-9-4-2-8(3-5-9)14(16)17/h2-5,10-11,13H,6-7H2,1H3/t10-,11-/m1/s1. The minimum absolute atomic E-state index is 0.0179. The number of benzene rings is 1. The van der Waals surface area contributed by atoms with Crippen LogP contribution in [0.5, 0.6) is 5.75 Å². The molecule has 1 aliphatic rings. The molecule has 0 spiro atoms. The van der Waals surface area contributed by atoms with Crippen molar-refractivity contribution >= 4 is 11.7 Å². The van der Waals surface area contributed by atoms with Crippen LogP contribution in [0, 0.1) is 10.1 Å². The first-order valence-electron chi connectivity index (χ1n) is 5.82. The first-order chi connectivity index (χ1) is 9.10. The van der Waals surface area contributed by atoms with E-state index in [4.69, 9.17) is 4.74 Å². The van der Waals surface area contributed by atoms with Gasteiger partial charge in [0.05, 0.1) is 12.0 Å². The molecule has 2 rings (SSSR count). The highest BCUT2D eigenvalue weighted by Crippen LogP contribution is 2.21. The second-order valence-corrected chi connectivity index (χ2v) is 4.21. The fraction of sp³-hybridized carbons (Fsp3) is 0.417. The average molecular weight is 266 g/mol. The van der Waals surface area contributed by atoms with Gasteiger partial charge in [0.2, 0.25) is 0 Å². The van der Waals surface area contributed by atoms with Crippen LogP contribution in [-0.4, -0.2) is 36.7 Å². The van der Waals surface area contributed by atoms with Gasteiger partial charge < -0.3 is 14.8 Å². The molecule has 0 saturated carbocycles. The number of carbonyl (C=O) groups excluding carboxylic acids is 1. The van der Waals surface area contributed by atoms with E-state index in [0.29, 0.717) is 18.7 Å². The molecule has 0 unspecified atom stereocenters. The maximum Gasteiger partial charge on any atom is 0.323 e. The van der Waals surface area contributed by atoms with Gasteiger partial charge in [-0.05, 0) is 12.1 Å². The molecule has 0 bridgehead atoms. The highest BCUT2D eigenvalue weighted by molar-refractivity contribution is 5.76. The molecule has 102 valence electrons. The molecule has 1 N–H and O–H groups in total. The van der Waals surface area contributed by atoms with Crippen molar-refractivity contribution in [1.82, 2.24) is 5.32 Å². The number of hydrogen-bond acceptors (Lipinski definition) is 6. The van der Waals surface area contributed by atoms with Crippen molar-refractivity contribution in [3.05, 3.63) is 34.4 Å². The fourth-order valence-electron chi connectivity index (χ4n) is 1.95. The number of hydrogen-bond donors (Lipinski definition) is 1. The Hall–Kier alpha value is -2.15. The summed E-state index contributed by atoms with van der Waals surface area (Å²) >= 11 is 0. The molecular weight excluding hydrogens is 252 g/mol.